The summed E-state index contributed by atoms with van der Waals surface area (Å²) in [6.07, 6.45) is 2.45. The van der Waals surface area contributed by atoms with Gasteiger partial charge in [0, 0.05) is 32.0 Å². The monoisotopic (exact) mass is 366 g/mol. The highest BCUT2D eigenvalue weighted by atomic mass is 16.2. The zero-order chi connectivity index (χ0) is 19.2. The van der Waals surface area contributed by atoms with E-state index in [-0.39, 0.29) is 12.1 Å². The molecule has 0 spiro atoms. The molecule has 1 aliphatic rings. The SMILES string of the molecule is Cc1ccc(NC(=O)NC[C@@H](c2ccc(N(C)C)cc2)N2CCCC2)cc1. The predicted octanol–water partition coefficient (Wildman–Crippen LogP) is 4.02. The minimum Gasteiger partial charge on any atom is -0.378 e. The molecule has 0 radical (unpaired) electrons. The number of anilines is 2. The first kappa shape index (κ1) is 19.2. The van der Waals surface area contributed by atoms with Crippen molar-refractivity contribution < 1.29 is 4.79 Å². The Bertz CT molecular complexity index is 734. The van der Waals surface area contributed by atoms with Gasteiger partial charge >= 0.3 is 6.03 Å². The molecule has 1 heterocycles. The summed E-state index contributed by atoms with van der Waals surface area (Å²) in [6, 6.07) is 16.5. The van der Waals surface area contributed by atoms with Crippen molar-refractivity contribution in [2.24, 2.45) is 0 Å². The van der Waals surface area contributed by atoms with Crippen LogP contribution < -0.4 is 15.5 Å². The zero-order valence-corrected chi connectivity index (χ0v) is 16.5. The number of nitrogens with one attached hydrogen (secondary N) is 2. The summed E-state index contributed by atoms with van der Waals surface area (Å²) in [6.45, 7) is 4.80. The van der Waals surface area contributed by atoms with Crippen LogP contribution in [0, 0.1) is 6.92 Å². The van der Waals surface area contributed by atoms with Gasteiger partial charge in [0.05, 0.1) is 6.04 Å². The quantitative estimate of drug-likeness (QED) is 0.812. The third-order valence-electron chi connectivity index (χ3n) is 5.14. The Labute approximate surface area is 162 Å². The molecule has 0 aliphatic carbocycles. The number of carbonyl (C=O) groups excluding carboxylic acids is 1. The molecule has 1 atom stereocenters. The van der Waals surface area contributed by atoms with E-state index in [4.69, 9.17) is 0 Å². The van der Waals surface area contributed by atoms with Crippen molar-refractivity contribution in [2.75, 3.05) is 43.9 Å². The molecule has 1 aliphatic heterocycles. The number of rotatable bonds is 6. The average Bonchev–Trinajstić information content (AvgIpc) is 3.19. The van der Waals surface area contributed by atoms with E-state index in [2.05, 4.69) is 44.7 Å². The average molecular weight is 367 g/mol. The van der Waals surface area contributed by atoms with Gasteiger partial charge < -0.3 is 15.5 Å². The first-order chi connectivity index (χ1) is 13.0. The molecule has 1 fully saturated rings. The van der Waals surface area contributed by atoms with Crippen LogP contribution in [0.5, 0.6) is 0 Å². The molecule has 2 aromatic carbocycles. The molecule has 0 aromatic heterocycles. The van der Waals surface area contributed by atoms with Crippen LogP contribution >= 0.6 is 0 Å². The highest BCUT2D eigenvalue weighted by Gasteiger charge is 2.24. The molecule has 5 nitrogen and oxygen atoms in total. The van der Waals surface area contributed by atoms with E-state index in [1.54, 1.807) is 0 Å². The maximum Gasteiger partial charge on any atom is 0.319 e. The molecule has 2 aromatic rings. The van der Waals surface area contributed by atoms with Gasteiger partial charge in [-0.25, -0.2) is 4.79 Å². The van der Waals surface area contributed by atoms with Gasteiger partial charge in [-0.1, -0.05) is 29.8 Å². The van der Waals surface area contributed by atoms with Crippen molar-refractivity contribution >= 4 is 17.4 Å². The number of likely N-dealkylation sites (tertiary alicyclic amines) is 1. The fraction of sp³-hybridized carbons (Fsp3) is 0.409. The summed E-state index contributed by atoms with van der Waals surface area (Å²) >= 11 is 0. The first-order valence-electron chi connectivity index (χ1n) is 9.66. The molecule has 2 N–H and O–H groups in total. The van der Waals surface area contributed by atoms with E-state index in [1.807, 2.05) is 45.3 Å². The number of nitrogens with zero attached hydrogens (tertiary/aromatic N) is 2. The predicted molar refractivity (Wildman–Crippen MR) is 113 cm³/mol. The van der Waals surface area contributed by atoms with E-state index in [1.165, 1.54) is 29.7 Å². The maximum absolute atomic E-state index is 12.3. The van der Waals surface area contributed by atoms with Gasteiger partial charge in [-0.05, 0) is 62.7 Å². The van der Waals surface area contributed by atoms with Crippen molar-refractivity contribution in [1.82, 2.24) is 10.2 Å². The standard InChI is InChI=1S/C22H30N4O/c1-17-6-10-19(11-7-17)24-22(27)23-16-21(26-14-4-5-15-26)18-8-12-20(13-9-18)25(2)3/h6-13,21H,4-5,14-16H2,1-3H3,(H2,23,24,27)/t21-/m0/s1. The third kappa shape index (κ3) is 5.23. The van der Waals surface area contributed by atoms with Crippen LogP contribution in [0.25, 0.3) is 0 Å². The van der Waals surface area contributed by atoms with Gasteiger partial charge in [0.1, 0.15) is 0 Å². The smallest absolute Gasteiger partial charge is 0.319 e. The van der Waals surface area contributed by atoms with Crippen molar-refractivity contribution in [2.45, 2.75) is 25.8 Å². The summed E-state index contributed by atoms with van der Waals surface area (Å²) < 4.78 is 0. The minimum absolute atomic E-state index is 0.159. The lowest BCUT2D eigenvalue weighted by molar-refractivity contribution is 0.227. The number of urea groups is 1. The van der Waals surface area contributed by atoms with E-state index in [0.29, 0.717) is 6.54 Å². The molecule has 0 unspecified atom stereocenters. The number of carbonyl (C=O) groups is 1. The number of benzene rings is 2. The summed E-state index contributed by atoms with van der Waals surface area (Å²) in [5.41, 5.74) is 4.42. The molecule has 1 saturated heterocycles. The van der Waals surface area contributed by atoms with Crippen molar-refractivity contribution in [3.63, 3.8) is 0 Å². The number of hydrogen-bond donors (Lipinski definition) is 2. The Morgan fingerprint density at radius 1 is 1.04 bits per heavy atom. The van der Waals surface area contributed by atoms with Crippen LogP contribution in [-0.4, -0.2) is 44.7 Å². The molecule has 27 heavy (non-hydrogen) atoms. The number of aryl methyl sites for hydroxylation is 1. The molecule has 0 saturated carbocycles. The topological polar surface area (TPSA) is 47.6 Å². The highest BCUT2D eigenvalue weighted by Crippen LogP contribution is 2.26. The highest BCUT2D eigenvalue weighted by molar-refractivity contribution is 5.89. The summed E-state index contributed by atoms with van der Waals surface area (Å²) in [4.78, 5) is 16.9. The lowest BCUT2D eigenvalue weighted by atomic mass is 10.0. The van der Waals surface area contributed by atoms with Crippen LogP contribution in [-0.2, 0) is 0 Å². The Morgan fingerprint density at radius 2 is 1.67 bits per heavy atom. The van der Waals surface area contributed by atoms with Gasteiger partial charge in [0.15, 0.2) is 0 Å². The Hall–Kier alpha value is -2.53. The molecule has 144 valence electrons. The second kappa shape index (κ2) is 8.91. The second-order valence-electron chi connectivity index (χ2n) is 7.45. The summed E-state index contributed by atoms with van der Waals surface area (Å²) in [7, 11) is 4.09. The van der Waals surface area contributed by atoms with E-state index < -0.39 is 0 Å². The summed E-state index contributed by atoms with van der Waals surface area (Å²) in [5.74, 6) is 0. The molecule has 0 bridgehead atoms. The Morgan fingerprint density at radius 3 is 2.26 bits per heavy atom. The number of amides is 2. The first-order valence-corrected chi connectivity index (χ1v) is 9.66. The van der Waals surface area contributed by atoms with Gasteiger partial charge in [-0.2, -0.15) is 0 Å². The maximum atomic E-state index is 12.3. The largest absolute Gasteiger partial charge is 0.378 e. The second-order valence-corrected chi connectivity index (χ2v) is 7.45. The molecule has 3 rings (SSSR count). The van der Waals surface area contributed by atoms with E-state index in [9.17, 15) is 4.79 Å². The third-order valence-corrected chi connectivity index (χ3v) is 5.14. The molecular weight excluding hydrogens is 336 g/mol. The van der Waals surface area contributed by atoms with Gasteiger partial charge in [0.25, 0.3) is 0 Å². The van der Waals surface area contributed by atoms with Crippen LogP contribution in [0.4, 0.5) is 16.2 Å². The normalized spacial score (nSPS) is 15.4. The van der Waals surface area contributed by atoms with Crippen molar-refractivity contribution in [3.8, 4) is 0 Å². The Kier molecular flexibility index (Phi) is 6.35. The lowest BCUT2D eigenvalue weighted by Crippen LogP contribution is -2.38. The van der Waals surface area contributed by atoms with Crippen LogP contribution in [0.15, 0.2) is 48.5 Å². The minimum atomic E-state index is -0.159. The van der Waals surface area contributed by atoms with Gasteiger partial charge in [-0.15, -0.1) is 0 Å². The molecular formula is C22H30N4O. The van der Waals surface area contributed by atoms with E-state index in [0.717, 1.165) is 18.8 Å². The fourth-order valence-corrected chi connectivity index (χ4v) is 3.51. The van der Waals surface area contributed by atoms with Crippen molar-refractivity contribution in [3.05, 3.63) is 59.7 Å². The van der Waals surface area contributed by atoms with Gasteiger partial charge in [0.2, 0.25) is 0 Å². The molecule has 2 amide bonds. The Balaban J connectivity index is 1.64. The fourth-order valence-electron chi connectivity index (χ4n) is 3.51. The van der Waals surface area contributed by atoms with Crippen LogP contribution in [0.3, 0.4) is 0 Å². The van der Waals surface area contributed by atoms with Gasteiger partial charge in [-0.3, -0.25) is 4.90 Å². The zero-order valence-electron chi connectivity index (χ0n) is 16.5. The summed E-state index contributed by atoms with van der Waals surface area (Å²) in [5, 5.41) is 5.97. The van der Waals surface area contributed by atoms with Crippen molar-refractivity contribution in [1.29, 1.82) is 0 Å². The number of hydrogen-bond acceptors (Lipinski definition) is 3. The lowest BCUT2D eigenvalue weighted by Gasteiger charge is -2.28. The van der Waals surface area contributed by atoms with E-state index >= 15 is 0 Å². The van der Waals surface area contributed by atoms with Crippen LogP contribution in [0.1, 0.15) is 30.0 Å². The molecule has 5 heteroatoms. The van der Waals surface area contributed by atoms with Crippen LogP contribution in [0.2, 0.25) is 0 Å².